The van der Waals surface area contributed by atoms with Gasteiger partial charge in [-0.15, -0.1) is 0 Å². The third-order valence-corrected chi connectivity index (χ3v) is 5.45. The van der Waals surface area contributed by atoms with Gasteiger partial charge in [-0.1, -0.05) is 24.3 Å². The Hall–Kier alpha value is -1.95. The zero-order valence-corrected chi connectivity index (χ0v) is 15.5. The minimum Gasteiger partial charge on any atom is -0.343 e. The molecule has 1 N–H and O–H groups in total. The van der Waals surface area contributed by atoms with Crippen LogP contribution in [0.4, 0.5) is 5.13 Å². The summed E-state index contributed by atoms with van der Waals surface area (Å²) >= 11 is 1.49. The van der Waals surface area contributed by atoms with Crippen molar-refractivity contribution in [2.45, 2.75) is 51.9 Å². The van der Waals surface area contributed by atoms with Crippen molar-refractivity contribution in [2.75, 3.05) is 18.4 Å². The van der Waals surface area contributed by atoms with Crippen LogP contribution in [-0.4, -0.2) is 34.8 Å². The number of aromatic nitrogens is 1. The Bertz CT molecular complexity index is 750. The molecule has 1 aliphatic heterocycles. The second kappa shape index (κ2) is 8.43. The van der Waals surface area contributed by atoms with Crippen LogP contribution in [0, 0.1) is 0 Å². The van der Waals surface area contributed by atoms with E-state index >= 15 is 0 Å². The second-order valence-electron chi connectivity index (χ2n) is 6.56. The van der Waals surface area contributed by atoms with Gasteiger partial charge in [0.25, 0.3) is 0 Å². The molecular formula is C19H25N3O2S. The molecule has 1 aromatic carbocycles. The fraction of sp³-hybridized carbons (Fsp3) is 0.526. The number of likely N-dealkylation sites (tertiary alicyclic amines) is 1. The molecule has 134 valence electrons. The summed E-state index contributed by atoms with van der Waals surface area (Å²) in [6, 6.07) is 6.09. The lowest BCUT2D eigenvalue weighted by Gasteiger charge is -2.26. The Balaban J connectivity index is 1.60. The molecule has 1 fully saturated rings. The molecule has 0 spiro atoms. The number of thiazole rings is 1. The number of hydrogen-bond donors (Lipinski definition) is 1. The molecule has 0 radical (unpaired) electrons. The first-order chi connectivity index (χ1) is 12.2. The predicted molar refractivity (Wildman–Crippen MR) is 102 cm³/mol. The molecule has 1 saturated heterocycles. The SMILES string of the molecule is CCCC(=O)Nc1nc2ccc(CCC(=O)N3CCCCC3)cc2s1. The third kappa shape index (κ3) is 4.78. The minimum absolute atomic E-state index is 0.00825. The summed E-state index contributed by atoms with van der Waals surface area (Å²) in [5, 5.41) is 3.50. The van der Waals surface area contributed by atoms with E-state index in [9.17, 15) is 9.59 Å². The molecule has 2 aromatic rings. The van der Waals surface area contributed by atoms with E-state index in [0.29, 0.717) is 18.0 Å². The van der Waals surface area contributed by atoms with Crippen molar-refractivity contribution in [3.63, 3.8) is 0 Å². The Kier molecular flexibility index (Phi) is 6.02. The normalized spacial score (nSPS) is 14.7. The van der Waals surface area contributed by atoms with Crippen LogP contribution in [0.3, 0.4) is 0 Å². The Morgan fingerprint density at radius 1 is 1.20 bits per heavy atom. The van der Waals surface area contributed by atoms with Gasteiger partial charge in [-0.3, -0.25) is 9.59 Å². The molecule has 0 aliphatic carbocycles. The van der Waals surface area contributed by atoms with Gasteiger partial charge in [0.15, 0.2) is 5.13 Å². The van der Waals surface area contributed by atoms with Gasteiger partial charge in [-0.05, 0) is 49.8 Å². The lowest BCUT2D eigenvalue weighted by atomic mass is 10.1. The molecule has 25 heavy (non-hydrogen) atoms. The fourth-order valence-electron chi connectivity index (χ4n) is 3.14. The molecule has 0 bridgehead atoms. The van der Waals surface area contributed by atoms with E-state index in [1.807, 2.05) is 24.0 Å². The summed E-state index contributed by atoms with van der Waals surface area (Å²) < 4.78 is 1.05. The summed E-state index contributed by atoms with van der Waals surface area (Å²) in [6.45, 7) is 3.80. The number of hydrogen-bond acceptors (Lipinski definition) is 4. The molecule has 6 heteroatoms. The van der Waals surface area contributed by atoms with Crippen LogP contribution in [0.15, 0.2) is 18.2 Å². The van der Waals surface area contributed by atoms with Gasteiger partial charge in [-0.2, -0.15) is 0 Å². The van der Waals surface area contributed by atoms with E-state index in [1.54, 1.807) is 0 Å². The maximum absolute atomic E-state index is 12.3. The summed E-state index contributed by atoms with van der Waals surface area (Å²) in [7, 11) is 0. The van der Waals surface area contributed by atoms with Gasteiger partial charge < -0.3 is 10.2 Å². The number of anilines is 1. The largest absolute Gasteiger partial charge is 0.343 e. The number of amides is 2. The van der Waals surface area contributed by atoms with E-state index in [1.165, 1.54) is 17.8 Å². The Morgan fingerprint density at radius 3 is 2.76 bits per heavy atom. The van der Waals surface area contributed by atoms with Gasteiger partial charge in [0, 0.05) is 25.9 Å². The highest BCUT2D eigenvalue weighted by Gasteiger charge is 2.16. The Labute approximate surface area is 152 Å². The summed E-state index contributed by atoms with van der Waals surface area (Å²) in [6.07, 6.45) is 6.15. The first-order valence-electron chi connectivity index (χ1n) is 9.13. The maximum atomic E-state index is 12.3. The zero-order chi connectivity index (χ0) is 17.6. The average molecular weight is 359 g/mol. The molecule has 3 rings (SSSR count). The molecule has 1 aromatic heterocycles. The average Bonchev–Trinajstić information content (AvgIpc) is 3.01. The molecule has 0 unspecified atom stereocenters. The van der Waals surface area contributed by atoms with Gasteiger partial charge in [-0.25, -0.2) is 4.98 Å². The van der Waals surface area contributed by atoms with Crippen LogP contribution in [0.1, 0.15) is 51.0 Å². The minimum atomic E-state index is 0.00825. The lowest BCUT2D eigenvalue weighted by Crippen LogP contribution is -2.35. The Morgan fingerprint density at radius 2 is 2.00 bits per heavy atom. The van der Waals surface area contributed by atoms with E-state index in [-0.39, 0.29) is 11.8 Å². The molecule has 0 atom stereocenters. The summed E-state index contributed by atoms with van der Waals surface area (Å²) in [4.78, 5) is 30.4. The van der Waals surface area contributed by atoms with Gasteiger partial charge in [0.2, 0.25) is 11.8 Å². The number of piperidine rings is 1. The van der Waals surface area contributed by atoms with Crippen LogP contribution in [0.25, 0.3) is 10.2 Å². The van der Waals surface area contributed by atoms with Crippen molar-refractivity contribution < 1.29 is 9.59 Å². The van der Waals surface area contributed by atoms with Gasteiger partial charge in [0.05, 0.1) is 10.2 Å². The van der Waals surface area contributed by atoms with Crippen molar-refractivity contribution >= 4 is 38.5 Å². The van der Waals surface area contributed by atoms with Crippen LogP contribution >= 0.6 is 11.3 Å². The fourth-order valence-corrected chi connectivity index (χ4v) is 4.09. The van der Waals surface area contributed by atoms with Gasteiger partial charge in [0.1, 0.15) is 0 Å². The highest BCUT2D eigenvalue weighted by atomic mass is 32.1. The number of carbonyl (C=O) groups is 2. The van der Waals surface area contributed by atoms with Crippen molar-refractivity contribution in [1.82, 2.24) is 9.88 Å². The number of fused-ring (bicyclic) bond motifs is 1. The van der Waals surface area contributed by atoms with E-state index in [2.05, 4.69) is 16.4 Å². The number of benzene rings is 1. The second-order valence-corrected chi connectivity index (χ2v) is 7.59. The van der Waals surface area contributed by atoms with Crippen molar-refractivity contribution in [2.24, 2.45) is 0 Å². The number of nitrogens with zero attached hydrogens (tertiary/aromatic N) is 2. The lowest BCUT2D eigenvalue weighted by molar-refractivity contribution is -0.132. The quantitative estimate of drug-likeness (QED) is 0.848. The number of nitrogens with one attached hydrogen (secondary N) is 1. The number of rotatable bonds is 6. The van der Waals surface area contributed by atoms with Crippen molar-refractivity contribution in [1.29, 1.82) is 0 Å². The number of carbonyl (C=O) groups excluding carboxylic acids is 2. The molecule has 1 aliphatic rings. The standard InChI is InChI=1S/C19H25N3O2S/c1-2-6-17(23)21-19-20-15-9-7-14(13-16(15)25-19)8-10-18(24)22-11-4-3-5-12-22/h7,9,13H,2-6,8,10-12H2,1H3,(H,20,21,23). The monoisotopic (exact) mass is 359 g/mol. The highest BCUT2D eigenvalue weighted by molar-refractivity contribution is 7.22. The van der Waals surface area contributed by atoms with Crippen LogP contribution in [0.5, 0.6) is 0 Å². The summed E-state index contributed by atoms with van der Waals surface area (Å²) in [5.74, 6) is 0.269. The maximum Gasteiger partial charge on any atom is 0.226 e. The molecular weight excluding hydrogens is 334 g/mol. The van der Waals surface area contributed by atoms with Crippen molar-refractivity contribution in [3.05, 3.63) is 23.8 Å². The van der Waals surface area contributed by atoms with E-state index in [4.69, 9.17) is 0 Å². The molecule has 5 nitrogen and oxygen atoms in total. The topological polar surface area (TPSA) is 62.3 Å². The zero-order valence-electron chi connectivity index (χ0n) is 14.7. The first-order valence-corrected chi connectivity index (χ1v) is 9.94. The van der Waals surface area contributed by atoms with E-state index < -0.39 is 0 Å². The van der Waals surface area contributed by atoms with Crippen LogP contribution in [-0.2, 0) is 16.0 Å². The van der Waals surface area contributed by atoms with Crippen molar-refractivity contribution in [3.8, 4) is 0 Å². The first kappa shape index (κ1) is 17.9. The molecule has 2 amide bonds. The third-order valence-electron chi connectivity index (χ3n) is 4.51. The van der Waals surface area contributed by atoms with E-state index in [0.717, 1.165) is 54.6 Å². The smallest absolute Gasteiger partial charge is 0.226 e. The summed E-state index contributed by atoms with van der Waals surface area (Å²) in [5.41, 5.74) is 2.04. The molecule has 0 saturated carbocycles. The number of aryl methyl sites for hydroxylation is 1. The predicted octanol–water partition coefficient (Wildman–Crippen LogP) is 3.98. The van der Waals surface area contributed by atoms with Crippen LogP contribution in [0.2, 0.25) is 0 Å². The highest BCUT2D eigenvalue weighted by Crippen LogP contribution is 2.27. The van der Waals surface area contributed by atoms with Crippen LogP contribution < -0.4 is 5.32 Å². The molecule has 2 heterocycles. The van der Waals surface area contributed by atoms with Gasteiger partial charge >= 0.3 is 0 Å².